The molecule has 0 atom stereocenters. The van der Waals surface area contributed by atoms with Crippen LogP contribution in [0.4, 0.5) is 0 Å². The van der Waals surface area contributed by atoms with Crippen LogP contribution in [0.5, 0.6) is 0 Å². The minimum absolute atomic E-state index is 0.264. The first-order valence-corrected chi connectivity index (χ1v) is 9.47. The van der Waals surface area contributed by atoms with Gasteiger partial charge in [0.2, 0.25) is 10.0 Å². The fourth-order valence-corrected chi connectivity index (χ4v) is 4.82. The van der Waals surface area contributed by atoms with Gasteiger partial charge in [-0.3, -0.25) is 0 Å². The zero-order valence-electron chi connectivity index (χ0n) is 12.1. The van der Waals surface area contributed by atoms with Crippen molar-refractivity contribution in [2.24, 2.45) is 0 Å². The molecule has 0 unspecified atom stereocenters. The predicted molar refractivity (Wildman–Crippen MR) is 78.7 cm³/mol. The van der Waals surface area contributed by atoms with Crippen LogP contribution < -0.4 is 5.32 Å². The normalized spacial score (nSPS) is 22.0. The molecule has 0 aromatic heterocycles. The van der Waals surface area contributed by atoms with Gasteiger partial charge in [-0.2, -0.15) is 4.31 Å². The maximum absolute atomic E-state index is 12.4. The molecule has 2 rings (SSSR count). The minimum Gasteiger partial charge on any atom is -0.314 e. The molecule has 0 bridgehead atoms. The maximum Gasteiger partial charge on any atom is 0.214 e. The lowest BCUT2D eigenvalue weighted by atomic mass is 9.95. The summed E-state index contributed by atoms with van der Waals surface area (Å²) in [6.07, 6.45) is 8.98. The molecular formula is C14H28N2O2S. The lowest BCUT2D eigenvalue weighted by Crippen LogP contribution is -2.42. The van der Waals surface area contributed by atoms with Gasteiger partial charge in [-0.25, -0.2) is 8.42 Å². The largest absolute Gasteiger partial charge is 0.314 e. The smallest absolute Gasteiger partial charge is 0.214 e. The molecule has 19 heavy (non-hydrogen) atoms. The second-order valence-corrected chi connectivity index (χ2v) is 7.93. The monoisotopic (exact) mass is 288 g/mol. The molecule has 0 saturated heterocycles. The van der Waals surface area contributed by atoms with E-state index in [1.807, 2.05) is 6.92 Å². The fourth-order valence-electron chi connectivity index (χ4n) is 3.02. The Morgan fingerprint density at radius 2 is 1.79 bits per heavy atom. The van der Waals surface area contributed by atoms with Gasteiger partial charge in [0.15, 0.2) is 0 Å². The highest BCUT2D eigenvalue weighted by Gasteiger charge is 2.29. The van der Waals surface area contributed by atoms with Gasteiger partial charge in [0, 0.05) is 18.6 Å². The number of nitrogens with zero attached hydrogens (tertiary/aromatic N) is 1. The molecule has 1 N–H and O–H groups in total. The van der Waals surface area contributed by atoms with Crippen molar-refractivity contribution < 1.29 is 8.42 Å². The number of hydrogen-bond donors (Lipinski definition) is 1. The second-order valence-electron chi connectivity index (χ2n) is 5.89. The van der Waals surface area contributed by atoms with Crippen molar-refractivity contribution in [2.75, 3.05) is 18.8 Å². The van der Waals surface area contributed by atoms with E-state index in [1.54, 1.807) is 4.31 Å². The van der Waals surface area contributed by atoms with E-state index in [1.165, 1.54) is 32.1 Å². The van der Waals surface area contributed by atoms with Crippen LogP contribution in [0.1, 0.15) is 58.3 Å². The van der Waals surface area contributed by atoms with Gasteiger partial charge in [-0.15, -0.1) is 0 Å². The molecule has 0 aromatic carbocycles. The van der Waals surface area contributed by atoms with E-state index in [-0.39, 0.29) is 6.04 Å². The van der Waals surface area contributed by atoms with Crippen molar-refractivity contribution in [2.45, 2.75) is 70.4 Å². The van der Waals surface area contributed by atoms with Crippen molar-refractivity contribution in [3.8, 4) is 0 Å². The van der Waals surface area contributed by atoms with Crippen LogP contribution in [0.15, 0.2) is 0 Å². The third-order valence-electron chi connectivity index (χ3n) is 4.24. The number of sulfonamides is 1. The number of rotatable bonds is 8. The van der Waals surface area contributed by atoms with Crippen LogP contribution in [-0.2, 0) is 10.0 Å². The predicted octanol–water partition coefficient (Wildman–Crippen LogP) is 2.11. The molecule has 112 valence electrons. The first-order valence-electron chi connectivity index (χ1n) is 7.86. The van der Waals surface area contributed by atoms with Crippen molar-refractivity contribution in [3.63, 3.8) is 0 Å². The van der Waals surface area contributed by atoms with Gasteiger partial charge in [-0.1, -0.05) is 26.2 Å². The van der Waals surface area contributed by atoms with Crippen molar-refractivity contribution in [1.82, 2.24) is 9.62 Å². The third kappa shape index (κ3) is 4.72. The maximum atomic E-state index is 12.4. The summed E-state index contributed by atoms with van der Waals surface area (Å²) in [4.78, 5) is 0. The van der Waals surface area contributed by atoms with Crippen molar-refractivity contribution in [1.29, 1.82) is 0 Å². The average molecular weight is 288 g/mol. The molecule has 0 radical (unpaired) electrons. The van der Waals surface area contributed by atoms with Crippen LogP contribution in [-0.4, -0.2) is 43.6 Å². The first kappa shape index (κ1) is 15.3. The van der Waals surface area contributed by atoms with E-state index in [9.17, 15) is 8.42 Å². The molecule has 0 spiro atoms. The summed E-state index contributed by atoms with van der Waals surface area (Å²) in [5.41, 5.74) is 0. The molecule has 2 aliphatic carbocycles. The topological polar surface area (TPSA) is 49.4 Å². The molecule has 5 heteroatoms. The Morgan fingerprint density at radius 3 is 2.37 bits per heavy atom. The standard InChI is InChI=1S/C14H28N2O2S/c1-2-16(14-7-4-3-5-8-14)19(17,18)12-6-11-15-13-9-10-13/h13-15H,2-12H2,1H3. The Balaban J connectivity index is 1.79. The third-order valence-corrected chi connectivity index (χ3v) is 6.32. The molecule has 0 aliphatic heterocycles. The molecule has 0 aromatic rings. The van der Waals surface area contributed by atoms with Gasteiger partial charge < -0.3 is 5.32 Å². The molecule has 2 aliphatic rings. The van der Waals surface area contributed by atoms with Crippen LogP contribution >= 0.6 is 0 Å². The van der Waals surface area contributed by atoms with Crippen LogP contribution in [0, 0.1) is 0 Å². The lowest BCUT2D eigenvalue weighted by Gasteiger charge is -2.32. The van der Waals surface area contributed by atoms with Crippen LogP contribution in [0.25, 0.3) is 0 Å². The molecular weight excluding hydrogens is 260 g/mol. The SMILES string of the molecule is CCN(C1CCCCC1)S(=O)(=O)CCCNC1CC1. The summed E-state index contributed by atoms with van der Waals surface area (Å²) in [5.74, 6) is 0.303. The van der Waals surface area contributed by atoms with Gasteiger partial charge in [-0.05, 0) is 38.6 Å². The number of nitrogens with one attached hydrogen (secondary N) is 1. The highest BCUT2D eigenvalue weighted by molar-refractivity contribution is 7.89. The molecule has 0 heterocycles. The Hall–Kier alpha value is -0.130. The Kier molecular flexibility index (Phi) is 5.66. The van der Waals surface area contributed by atoms with Gasteiger partial charge >= 0.3 is 0 Å². The molecule has 2 saturated carbocycles. The Morgan fingerprint density at radius 1 is 1.11 bits per heavy atom. The summed E-state index contributed by atoms with van der Waals surface area (Å²) >= 11 is 0. The van der Waals surface area contributed by atoms with Crippen LogP contribution in [0.3, 0.4) is 0 Å². The zero-order valence-corrected chi connectivity index (χ0v) is 12.9. The minimum atomic E-state index is -3.06. The van der Waals surface area contributed by atoms with Gasteiger partial charge in [0.25, 0.3) is 0 Å². The van der Waals surface area contributed by atoms with Crippen molar-refractivity contribution >= 4 is 10.0 Å². The van der Waals surface area contributed by atoms with E-state index in [4.69, 9.17) is 0 Å². The second kappa shape index (κ2) is 7.04. The van der Waals surface area contributed by atoms with Gasteiger partial charge in [0.05, 0.1) is 5.75 Å². The average Bonchev–Trinajstić information content (AvgIpc) is 3.21. The number of hydrogen-bond acceptors (Lipinski definition) is 3. The lowest BCUT2D eigenvalue weighted by molar-refractivity contribution is 0.261. The molecule has 2 fully saturated rings. The Bertz CT molecular complexity index is 360. The Labute approximate surface area is 118 Å². The molecule has 4 nitrogen and oxygen atoms in total. The van der Waals surface area contributed by atoms with Crippen molar-refractivity contribution in [3.05, 3.63) is 0 Å². The highest BCUT2D eigenvalue weighted by Crippen LogP contribution is 2.25. The van der Waals surface area contributed by atoms with E-state index in [0.29, 0.717) is 18.3 Å². The zero-order chi connectivity index (χ0) is 13.7. The fraction of sp³-hybridized carbons (Fsp3) is 1.00. The molecule has 0 amide bonds. The van der Waals surface area contributed by atoms with E-state index in [2.05, 4.69) is 5.32 Å². The summed E-state index contributed by atoms with van der Waals surface area (Å²) in [6.45, 7) is 3.43. The van der Waals surface area contributed by atoms with Gasteiger partial charge in [0.1, 0.15) is 0 Å². The van der Waals surface area contributed by atoms with E-state index >= 15 is 0 Å². The van der Waals surface area contributed by atoms with E-state index < -0.39 is 10.0 Å². The van der Waals surface area contributed by atoms with Crippen LogP contribution in [0.2, 0.25) is 0 Å². The summed E-state index contributed by atoms with van der Waals surface area (Å²) < 4.78 is 26.6. The summed E-state index contributed by atoms with van der Waals surface area (Å²) in [6, 6.07) is 0.934. The quantitative estimate of drug-likeness (QED) is 0.696. The summed E-state index contributed by atoms with van der Waals surface area (Å²) in [5, 5.41) is 3.38. The van der Waals surface area contributed by atoms with E-state index in [0.717, 1.165) is 25.8 Å². The summed E-state index contributed by atoms with van der Waals surface area (Å²) in [7, 11) is -3.06. The first-order chi connectivity index (χ1) is 9.13. The highest BCUT2D eigenvalue weighted by atomic mass is 32.2.